The highest BCUT2D eigenvalue weighted by Crippen LogP contribution is 2.20. The Labute approximate surface area is 123 Å². The number of piperidine rings is 1. The number of anilines is 1. The molecule has 0 spiro atoms. The Bertz CT molecular complexity index is 535. The summed E-state index contributed by atoms with van der Waals surface area (Å²) in [7, 11) is 0. The Morgan fingerprint density at radius 1 is 1.48 bits per heavy atom. The van der Waals surface area contributed by atoms with Crippen molar-refractivity contribution in [3.05, 3.63) is 22.6 Å². The molecule has 116 valence electrons. The molecule has 0 saturated carbocycles. The molecule has 2 N–H and O–H groups in total. The molecule has 0 aliphatic carbocycles. The van der Waals surface area contributed by atoms with Gasteiger partial charge >= 0.3 is 0 Å². The molecule has 21 heavy (non-hydrogen) atoms. The van der Waals surface area contributed by atoms with E-state index in [0.29, 0.717) is 0 Å². The van der Waals surface area contributed by atoms with Crippen molar-refractivity contribution in [3.8, 4) is 0 Å². The molecular weight excluding hydrogens is 272 g/mol. The van der Waals surface area contributed by atoms with E-state index in [2.05, 4.69) is 22.2 Å². The topological polar surface area (TPSA) is 87.5 Å². The Morgan fingerprint density at radius 2 is 2.19 bits per heavy atom. The average Bonchev–Trinajstić information content (AvgIpc) is 2.48. The van der Waals surface area contributed by atoms with Crippen molar-refractivity contribution < 1.29 is 9.90 Å². The summed E-state index contributed by atoms with van der Waals surface area (Å²) in [4.78, 5) is 25.7. The molecule has 1 aromatic rings. The summed E-state index contributed by atoms with van der Waals surface area (Å²) >= 11 is 0. The van der Waals surface area contributed by atoms with Crippen molar-refractivity contribution in [2.24, 2.45) is 5.92 Å². The molecular formula is C14H22N4O3. The fraction of sp³-hybridized carbons (Fsp3) is 0.643. The van der Waals surface area contributed by atoms with Gasteiger partial charge < -0.3 is 15.3 Å². The third-order valence-corrected chi connectivity index (χ3v) is 3.73. The quantitative estimate of drug-likeness (QED) is 0.771. The average molecular weight is 294 g/mol. The molecule has 1 aliphatic heterocycles. The smallest absolute Gasteiger partial charge is 0.269 e. The molecule has 1 amide bonds. The van der Waals surface area contributed by atoms with Crippen LogP contribution in [0.1, 0.15) is 19.8 Å². The van der Waals surface area contributed by atoms with Gasteiger partial charge in [-0.2, -0.15) is 5.10 Å². The largest absolute Gasteiger partial charge is 0.395 e. The predicted octanol–water partition coefficient (Wildman–Crippen LogP) is -0.412. The van der Waals surface area contributed by atoms with Crippen molar-refractivity contribution in [2.75, 3.05) is 31.1 Å². The third-order valence-electron chi connectivity index (χ3n) is 3.73. The minimum atomic E-state index is -0.335. The fourth-order valence-corrected chi connectivity index (χ4v) is 2.37. The molecule has 0 atom stereocenters. The van der Waals surface area contributed by atoms with Crippen molar-refractivity contribution in [1.29, 1.82) is 0 Å². The molecule has 0 unspecified atom stereocenters. The molecule has 0 radical (unpaired) electrons. The summed E-state index contributed by atoms with van der Waals surface area (Å²) in [5.41, 5.74) is 0.532. The van der Waals surface area contributed by atoms with Crippen molar-refractivity contribution in [3.63, 3.8) is 0 Å². The maximum atomic E-state index is 12.0. The first-order valence-corrected chi connectivity index (χ1v) is 7.30. The van der Waals surface area contributed by atoms with Gasteiger partial charge in [0.05, 0.1) is 18.5 Å². The fourth-order valence-electron chi connectivity index (χ4n) is 2.37. The molecule has 0 aromatic carbocycles. The minimum Gasteiger partial charge on any atom is -0.395 e. The number of hydrogen-bond acceptors (Lipinski definition) is 5. The van der Waals surface area contributed by atoms with Gasteiger partial charge in [0.1, 0.15) is 6.54 Å². The number of nitrogens with one attached hydrogen (secondary N) is 1. The molecule has 2 rings (SSSR count). The second kappa shape index (κ2) is 7.21. The van der Waals surface area contributed by atoms with Gasteiger partial charge in [0.2, 0.25) is 5.91 Å². The van der Waals surface area contributed by atoms with Gasteiger partial charge in [-0.25, -0.2) is 4.68 Å². The second-order valence-electron chi connectivity index (χ2n) is 5.45. The Hall–Kier alpha value is -1.89. The van der Waals surface area contributed by atoms with Gasteiger partial charge in [-0.3, -0.25) is 9.59 Å². The maximum Gasteiger partial charge on any atom is 0.269 e. The minimum absolute atomic E-state index is 0.125. The van der Waals surface area contributed by atoms with E-state index in [0.717, 1.165) is 42.2 Å². The summed E-state index contributed by atoms with van der Waals surface area (Å²) < 4.78 is 1.13. The normalized spacial score (nSPS) is 16.0. The van der Waals surface area contributed by atoms with E-state index >= 15 is 0 Å². The zero-order valence-electron chi connectivity index (χ0n) is 12.3. The highest BCUT2D eigenvalue weighted by Gasteiger charge is 2.17. The number of carbonyl (C=O) groups excluding carboxylic acids is 1. The predicted molar refractivity (Wildman–Crippen MR) is 79.2 cm³/mol. The first-order chi connectivity index (χ1) is 10.1. The van der Waals surface area contributed by atoms with E-state index in [1.54, 1.807) is 6.20 Å². The summed E-state index contributed by atoms with van der Waals surface area (Å²) in [6.45, 7) is 4.03. The van der Waals surface area contributed by atoms with Gasteiger partial charge in [0, 0.05) is 25.7 Å². The van der Waals surface area contributed by atoms with Crippen LogP contribution in [0.2, 0.25) is 0 Å². The molecule has 2 heterocycles. The highest BCUT2D eigenvalue weighted by atomic mass is 16.3. The lowest BCUT2D eigenvalue weighted by Crippen LogP contribution is -2.37. The molecule has 7 nitrogen and oxygen atoms in total. The van der Waals surface area contributed by atoms with Crippen LogP contribution in [0, 0.1) is 5.92 Å². The standard InChI is InChI=1S/C14H22N4O3/c1-11-2-5-17(6-3-11)12-8-14(21)18(16-9-12)10-13(20)15-4-7-19/h8-9,11,19H,2-7,10H2,1H3,(H,15,20). The van der Waals surface area contributed by atoms with Crippen molar-refractivity contribution in [2.45, 2.75) is 26.3 Å². The number of aromatic nitrogens is 2. The molecule has 1 saturated heterocycles. The number of aliphatic hydroxyl groups is 1. The molecule has 1 fully saturated rings. The number of aliphatic hydroxyl groups excluding tert-OH is 1. The van der Waals surface area contributed by atoms with Crippen molar-refractivity contribution in [1.82, 2.24) is 15.1 Å². The first-order valence-electron chi connectivity index (χ1n) is 7.30. The molecule has 0 bridgehead atoms. The number of rotatable bonds is 5. The van der Waals surface area contributed by atoms with Crippen LogP contribution < -0.4 is 15.8 Å². The summed E-state index contributed by atoms with van der Waals surface area (Å²) in [5.74, 6) is 0.392. The van der Waals surface area contributed by atoms with Crippen LogP contribution >= 0.6 is 0 Å². The van der Waals surface area contributed by atoms with E-state index in [1.807, 2.05) is 0 Å². The van der Waals surface area contributed by atoms with Crippen LogP contribution in [0.25, 0.3) is 0 Å². The van der Waals surface area contributed by atoms with E-state index < -0.39 is 0 Å². The number of amides is 1. The number of nitrogens with zero attached hydrogens (tertiary/aromatic N) is 3. The zero-order valence-corrected chi connectivity index (χ0v) is 12.3. The second-order valence-corrected chi connectivity index (χ2v) is 5.45. The number of hydrogen-bond donors (Lipinski definition) is 2. The van der Waals surface area contributed by atoms with E-state index in [1.165, 1.54) is 6.07 Å². The summed E-state index contributed by atoms with van der Waals surface area (Å²) in [6.07, 6.45) is 3.87. The summed E-state index contributed by atoms with van der Waals surface area (Å²) in [6, 6.07) is 1.53. The Kier molecular flexibility index (Phi) is 5.32. The molecule has 7 heteroatoms. The van der Waals surface area contributed by atoms with E-state index in [-0.39, 0.29) is 31.2 Å². The lowest BCUT2D eigenvalue weighted by atomic mass is 9.99. The van der Waals surface area contributed by atoms with Gasteiger partial charge in [-0.05, 0) is 18.8 Å². The van der Waals surface area contributed by atoms with Crippen LogP contribution in [0.3, 0.4) is 0 Å². The van der Waals surface area contributed by atoms with E-state index in [4.69, 9.17) is 5.11 Å². The van der Waals surface area contributed by atoms with E-state index in [9.17, 15) is 9.59 Å². The molecule has 1 aliphatic rings. The zero-order chi connectivity index (χ0) is 15.2. The first kappa shape index (κ1) is 15.5. The SMILES string of the molecule is CC1CCN(c2cnn(CC(=O)NCCO)c(=O)c2)CC1. The molecule has 1 aromatic heterocycles. The Balaban J connectivity index is 2.00. The van der Waals surface area contributed by atoms with Gasteiger partial charge in [-0.1, -0.05) is 6.92 Å². The maximum absolute atomic E-state index is 12.0. The number of carbonyl (C=O) groups is 1. The third kappa shape index (κ3) is 4.29. The van der Waals surface area contributed by atoms with Gasteiger partial charge in [0.25, 0.3) is 5.56 Å². The van der Waals surface area contributed by atoms with Crippen LogP contribution in [-0.2, 0) is 11.3 Å². The van der Waals surface area contributed by atoms with Crippen LogP contribution in [0.15, 0.2) is 17.1 Å². The monoisotopic (exact) mass is 294 g/mol. The van der Waals surface area contributed by atoms with Crippen LogP contribution in [0.4, 0.5) is 5.69 Å². The lowest BCUT2D eigenvalue weighted by molar-refractivity contribution is -0.122. The van der Waals surface area contributed by atoms with Crippen molar-refractivity contribution >= 4 is 11.6 Å². The summed E-state index contributed by atoms with van der Waals surface area (Å²) in [5, 5.41) is 15.2. The van der Waals surface area contributed by atoms with Crippen LogP contribution in [-0.4, -0.2) is 47.0 Å². The Morgan fingerprint density at radius 3 is 2.81 bits per heavy atom. The lowest BCUT2D eigenvalue weighted by Gasteiger charge is -2.31. The highest BCUT2D eigenvalue weighted by molar-refractivity contribution is 5.75. The van der Waals surface area contributed by atoms with Gasteiger partial charge in [0.15, 0.2) is 0 Å². The van der Waals surface area contributed by atoms with Gasteiger partial charge in [-0.15, -0.1) is 0 Å². The van der Waals surface area contributed by atoms with Crippen LogP contribution in [0.5, 0.6) is 0 Å².